The van der Waals surface area contributed by atoms with Crippen LogP contribution in [-0.4, -0.2) is 14.1 Å². The zero-order valence-corrected chi connectivity index (χ0v) is 17.6. The molecule has 152 valence electrons. The van der Waals surface area contributed by atoms with Crippen LogP contribution in [0.2, 0.25) is 0 Å². The van der Waals surface area contributed by atoms with Gasteiger partial charge in [-0.25, -0.2) is 0 Å². The highest BCUT2D eigenvalue weighted by molar-refractivity contribution is 5.81. The van der Waals surface area contributed by atoms with Crippen LogP contribution in [0.4, 0.5) is 11.4 Å². The predicted molar refractivity (Wildman–Crippen MR) is 125 cm³/mol. The third kappa shape index (κ3) is 4.08. The lowest BCUT2D eigenvalue weighted by molar-refractivity contribution is 0.454. The van der Waals surface area contributed by atoms with E-state index in [-0.39, 0.29) is 5.43 Å². The number of benzene rings is 2. The van der Waals surface area contributed by atoms with Gasteiger partial charge in [0, 0.05) is 38.0 Å². The van der Waals surface area contributed by atoms with Crippen LogP contribution in [0.3, 0.4) is 0 Å². The molecule has 4 nitrogen and oxygen atoms in total. The van der Waals surface area contributed by atoms with E-state index >= 15 is 0 Å². The van der Waals surface area contributed by atoms with Gasteiger partial charge in [0.15, 0.2) is 5.43 Å². The van der Waals surface area contributed by atoms with E-state index in [0.29, 0.717) is 30.0 Å². The molecule has 0 spiro atoms. The molecule has 0 saturated heterocycles. The van der Waals surface area contributed by atoms with E-state index < -0.39 is 0 Å². The van der Waals surface area contributed by atoms with Crippen molar-refractivity contribution >= 4 is 16.9 Å². The summed E-state index contributed by atoms with van der Waals surface area (Å²) in [4.78, 5) is 14.7. The number of rotatable bonds is 7. The lowest BCUT2D eigenvalue weighted by Crippen LogP contribution is -2.15. The van der Waals surface area contributed by atoms with Gasteiger partial charge < -0.3 is 14.6 Å². The first-order valence-electron chi connectivity index (χ1n) is 10.2. The maximum Gasteiger partial charge on any atom is 0.193 e. The quantitative estimate of drug-likeness (QED) is 0.571. The molecule has 0 atom stereocenters. The van der Waals surface area contributed by atoms with Gasteiger partial charge in [-0.15, -0.1) is 0 Å². The third-order valence-corrected chi connectivity index (χ3v) is 5.32. The Morgan fingerprint density at radius 1 is 0.967 bits per heavy atom. The molecule has 30 heavy (non-hydrogen) atoms. The standard InChI is InChI=1S/C26H26N2O2/c1-4-23-16-24(29)26(20-6-5-7-20)25(30-23)17-27-21-12-8-18(9-13-21)19-10-14-22(15-11-19)28(2)3/h5-16,27H,4,17H2,1-3H3. The fourth-order valence-corrected chi connectivity index (χ4v) is 3.47. The lowest BCUT2D eigenvalue weighted by atomic mass is 9.97. The topological polar surface area (TPSA) is 45.5 Å². The van der Waals surface area contributed by atoms with E-state index in [0.717, 1.165) is 16.8 Å². The molecule has 1 heterocycles. The first-order valence-corrected chi connectivity index (χ1v) is 10.2. The van der Waals surface area contributed by atoms with E-state index in [2.05, 4.69) is 58.7 Å². The van der Waals surface area contributed by atoms with Crippen LogP contribution in [0.25, 0.3) is 16.7 Å². The smallest absolute Gasteiger partial charge is 0.193 e. The van der Waals surface area contributed by atoms with Crippen LogP contribution in [0.5, 0.6) is 0 Å². The molecule has 4 rings (SSSR count). The molecular weight excluding hydrogens is 372 g/mol. The molecule has 0 unspecified atom stereocenters. The van der Waals surface area contributed by atoms with Crippen molar-refractivity contribution in [3.8, 4) is 11.1 Å². The number of nitrogens with one attached hydrogen (secondary N) is 1. The van der Waals surface area contributed by atoms with Crippen molar-refractivity contribution in [2.45, 2.75) is 19.9 Å². The van der Waals surface area contributed by atoms with Gasteiger partial charge >= 0.3 is 0 Å². The Morgan fingerprint density at radius 3 is 2.13 bits per heavy atom. The second kappa shape index (κ2) is 8.46. The zero-order valence-electron chi connectivity index (χ0n) is 17.6. The molecule has 0 fully saturated rings. The molecule has 1 aliphatic carbocycles. The molecular formula is C26H26N2O2. The van der Waals surface area contributed by atoms with E-state index in [4.69, 9.17) is 4.42 Å². The average molecular weight is 399 g/mol. The van der Waals surface area contributed by atoms with Crippen LogP contribution < -0.4 is 15.6 Å². The second-order valence-corrected chi connectivity index (χ2v) is 7.58. The highest BCUT2D eigenvalue weighted by Crippen LogP contribution is 2.26. The van der Waals surface area contributed by atoms with E-state index in [1.54, 1.807) is 6.07 Å². The van der Waals surface area contributed by atoms with Crippen LogP contribution in [0.1, 0.15) is 24.0 Å². The highest BCUT2D eigenvalue weighted by atomic mass is 16.3. The van der Waals surface area contributed by atoms with Crippen molar-refractivity contribution < 1.29 is 4.42 Å². The van der Waals surface area contributed by atoms with Gasteiger partial charge in [-0.1, -0.05) is 49.4 Å². The minimum Gasteiger partial charge on any atom is -0.463 e. The maximum atomic E-state index is 12.6. The van der Waals surface area contributed by atoms with Gasteiger partial charge in [-0.3, -0.25) is 4.79 Å². The van der Waals surface area contributed by atoms with Crippen LogP contribution >= 0.6 is 0 Å². The summed E-state index contributed by atoms with van der Waals surface area (Å²) in [5, 5.41) is 3.40. The van der Waals surface area contributed by atoms with Gasteiger partial charge in [0.05, 0.1) is 12.1 Å². The largest absolute Gasteiger partial charge is 0.463 e. The highest BCUT2D eigenvalue weighted by Gasteiger charge is 2.16. The van der Waals surface area contributed by atoms with Crippen LogP contribution in [0, 0.1) is 0 Å². The Morgan fingerprint density at radius 2 is 1.60 bits per heavy atom. The SMILES string of the molecule is CCc1cc(=O)c(C2=CC=C2)c(CNc2ccc(-c3ccc(N(C)C)cc3)cc2)o1. The molecule has 2 aromatic carbocycles. The van der Waals surface area contributed by atoms with Crippen molar-refractivity contribution in [2.24, 2.45) is 0 Å². The molecule has 0 saturated carbocycles. The first kappa shape index (κ1) is 19.8. The average Bonchev–Trinajstić information content (AvgIpc) is 2.73. The Labute approximate surface area is 177 Å². The summed E-state index contributed by atoms with van der Waals surface area (Å²) in [6.45, 7) is 2.45. The second-order valence-electron chi connectivity index (χ2n) is 7.58. The number of anilines is 2. The fraction of sp³-hybridized carbons (Fsp3) is 0.192. The zero-order chi connectivity index (χ0) is 21.1. The molecule has 0 aliphatic heterocycles. The number of hydrogen-bond donors (Lipinski definition) is 1. The molecule has 0 bridgehead atoms. The summed E-state index contributed by atoms with van der Waals surface area (Å²) in [6.07, 6.45) is 6.51. The molecule has 1 N–H and O–H groups in total. The summed E-state index contributed by atoms with van der Waals surface area (Å²) in [7, 11) is 4.08. The monoisotopic (exact) mass is 398 g/mol. The van der Waals surface area contributed by atoms with E-state index in [1.165, 1.54) is 11.3 Å². The van der Waals surface area contributed by atoms with Crippen molar-refractivity contribution in [1.82, 2.24) is 0 Å². The van der Waals surface area contributed by atoms with Crippen LogP contribution in [-0.2, 0) is 13.0 Å². The van der Waals surface area contributed by atoms with Crippen molar-refractivity contribution in [3.63, 3.8) is 0 Å². The predicted octanol–water partition coefficient (Wildman–Crippen LogP) is 5.50. The van der Waals surface area contributed by atoms with Gasteiger partial charge in [0.25, 0.3) is 0 Å². The Kier molecular flexibility index (Phi) is 5.57. The molecule has 0 radical (unpaired) electrons. The molecule has 4 heteroatoms. The van der Waals surface area contributed by atoms with Crippen molar-refractivity contribution in [3.05, 3.63) is 100 Å². The molecule has 1 aliphatic rings. The summed E-state index contributed by atoms with van der Waals surface area (Å²) in [5.41, 5.74) is 6.11. The van der Waals surface area contributed by atoms with E-state index in [1.807, 2.05) is 39.2 Å². The number of allylic oxidation sites excluding steroid dienone is 4. The van der Waals surface area contributed by atoms with Gasteiger partial charge in [0.1, 0.15) is 11.5 Å². The van der Waals surface area contributed by atoms with Crippen molar-refractivity contribution in [1.29, 1.82) is 0 Å². The molecule has 3 aromatic rings. The summed E-state index contributed by atoms with van der Waals surface area (Å²) in [6, 6.07) is 18.4. The Hall–Kier alpha value is -3.53. The summed E-state index contributed by atoms with van der Waals surface area (Å²) >= 11 is 0. The number of nitrogens with zero attached hydrogens (tertiary/aromatic N) is 1. The normalized spacial score (nSPS) is 12.3. The van der Waals surface area contributed by atoms with Gasteiger partial charge in [0.2, 0.25) is 0 Å². The summed E-state index contributed by atoms with van der Waals surface area (Å²) < 4.78 is 6.00. The Balaban J connectivity index is 1.51. The van der Waals surface area contributed by atoms with Crippen LogP contribution in [0.15, 0.2) is 82.0 Å². The minimum atomic E-state index is 0.0158. The summed E-state index contributed by atoms with van der Waals surface area (Å²) in [5.74, 6) is 1.39. The van der Waals surface area contributed by atoms with Crippen molar-refractivity contribution in [2.75, 3.05) is 24.3 Å². The Bertz CT molecular complexity index is 1150. The van der Waals surface area contributed by atoms with E-state index in [9.17, 15) is 4.79 Å². The molecule has 0 amide bonds. The maximum absolute atomic E-state index is 12.6. The van der Waals surface area contributed by atoms with Gasteiger partial charge in [-0.2, -0.15) is 0 Å². The number of hydrogen-bond acceptors (Lipinski definition) is 4. The fourth-order valence-electron chi connectivity index (χ4n) is 3.47. The minimum absolute atomic E-state index is 0.0158. The lowest BCUT2D eigenvalue weighted by Gasteiger charge is -2.15. The third-order valence-electron chi connectivity index (χ3n) is 5.32. The first-order chi connectivity index (χ1) is 14.5. The molecule has 1 aromatic heterocycles. The van der Waals surface area contributed by atoms with Gasteiger partial charge in [-0.05, 0) is 41.0 Å². The number of aryl methyl sites for hydroxylation is 1.